The summed E-state index contributed by atoms with van der Waals surface area (Å²) in [6.45, 7) is 4.46. The number of piperidine rings is 1. The van der Waals surface area contributed by atoms with E-state index in [-0.39, 0.29) is 17.9 Å². The van der Waals surface area contributed by atoms with Gasteiger partial charge in [0.05, 0.1) is 6.26 Å². The summed E-state index contributed by atoms with van der Waals surface area (Å²) in [4.78, 5) is 28.8. The molecule has 0 spiro atoms. The Labute approximate surface area is 124 Å². The maximum atomic E-state index is 12.7. The average molecular weight is 290 g/mol. The number of hydrogen-bond donors (Lipinski definition) is 0. The Hall–Kier alpha value is -1.78. The van der Waals surface area contributed by atoms with Crippen LogP contribution in [-0.4, -0.2) is 47.3 Å². The topological polar surface area (TPSA) is 53.8 Å². The van der Waals surface area contributed by atoms with Crippen molar-refractivity contribution in [3.8, 4) is 0 Å². The van der Waals surface area contributed by atoms with Gasteiger partial charge in [-0.2, -0.15) is 0 Å². The highest BCUT2D eigenvalue weighted by Gasteiger charge is 2.38. The van der Waals surface area contributed by atoms with Gasteiger partial charge in [-0.3, -0.25) is 9.59 Å². The zero-order chi connectivity index (χ0) is 14.8. The third kappa shape index (κ3) is 2.82. The molecule has 2 aliphatic rings. The predicted molar refractivity (Wildman–Crippen MR) is 77.7 cm³/mol. The molecule has 0 bridgehead atoms. The minimum absolute atomic E-state index is 0.110. The van der Waals surface area contributed by atoms with Gasteiger partial charge in [0.15, 0.2) is 5.76 Å². The Kier molecular flexibility index (Phi) is 3.99. The van der Waals surface area contributed by atoms with Crippen LogP contribution in [0.25, 0.3) is 0 Å². The molecule has 0 saturated carbocycles. The lowest BCUT2D eigenvalue weighted by atomic mass is 9.99. The minimum atomic E-state index is -0.312. The molecule has 0 aromatic carbocycles. The van der Waals surface area contributed by atoms with E-state index < -0.39 is 0 Å². The maximum absolute atomic E-state index is 12.7. The number of hydrogen-bond acceptors (Lipinski definition) is 3. The molecule has 0 N–H and O–H groups in total. The number of likely N-dealkylation sites (tertiary alicyclic amines) is 2. The van der Waals surface area contributed by atoms with Crippen LogP contribution in [0, 0.1) is 5.92 Å². The van der Waals surface area contributed by atoms with E-state index in [9.17, 15) is 9.59 Å². The fourth-order valence-electron chi connectivity index (χ4n) is 3.41. The molecule has 1 aromatic rings. The number of nitrogens with zero attached hydrogens (tertiary/aromatic N) is 2. The van der Waals surface area contributed by atoms with E-state index in [0.29, 0.717) is 18.2 Å². The predicted octanol–water partition coefficient (Wildman–Crippen LogP) is 2.14. The van der Waals surface area contributed by atoms with Crippen LogP contribution in [-0.2, 0) is 4.79 Å². The van der Waals surface area contributed by atoms with Gasteiger partial charge in [0.1, 0.15) is 6.04 Å². The molecule has 1 aromatic heterocycles. The molecule has 2 amide bonds. The largest absolute Gasteiger partial charge is 0.459 e. The van der Waals surface area contributed by atoms with Crippen LogP contribution in [0.4, 0.5) is 0 Å². The highest BCUT2D eigenvalue weighted by Crippen LogP contribution is 2.24. The number of rotatable bonds is 2. The van der Waals surface area contributed by atoms with Crippen LogP contribution in [0.3, 0.4) is 0 Å². The van der Waals surface area contributed by atoms with Crippen LogP contribution in [0.1, 0.15) is 43.2 Å². The third-order valence-corrected chi connectivity index (χ3v) is 4.50. The van der Waals surface area contributed by atoms with E-state index in [0.717, 1.165) is 32.4 Å². The molecular formula is C16H22N2O3. The van der Waals surface area contributed by atoms with E-state index in [1.165, 1.54) is 12.7 Å². The van der Waals surface area contributed by atoms with Crippen LogP contribution in [0.2, 0.25) is 0 Å². The highest BCUT2D eigenvalue weighted by molar-refractivity contribution is 5.96. The first-order valence-electron chi connectivity index (χ1n) is 7.80. The molecule has 2 aliphatic heterocycles. The fourth-order valence-corrected chi connectivity index (χ4v) is 3.41. The summed E-state index contributed by atoms with van der Waals surface area (Å²) < 4.78 is 5.18. The molecule has 2 saturated heterocycles. The normalized spacial score (nSPS) is 26.1. The van der Waals surface area contributed by atoms with Crippen molar-refractivity contribution in [1.29, 1.82) is 0 Å². The van der Waals surface area contributed by atoms with Gasteiger partial charge in [0, 0.05) is 19.6 Å². The Balaban J connectivity index is 1.71. The maximum Gasteiger partial charge on any atom is 0.290 e. The average Bonchev–Trinajstić information content (AvgIpc) is 3.17. The minimum Gasteiger partial charge on any atom is -0.459 e. The number of carbonyl (C=O) groups excluding carboxylic acids is 2. The van der Waals surface area contributed by atoms with Crippen molar-refractivity contribution in [1.82, 2.24) is 9.80 Å². The second kappa shape index (κ2) is 5.92. The SMILES string of the molecule is CC1CCCN(C(=O)C2CCCN2C(=O)c2ccco2)C1. The van der Waals surface area contributed by atoms with Gasteiger partial charge in [-0.05, 0) is 43.7 Å². The first-order chi connectivity index (χ1) is 10.2. The smallest absolute Gasteiger partial charge is 0.290 e. The zero-order valence-corrected chi connectivity index (χ0v) is 12.5. The van der Waals surface area contributed by atoms with Crippen LogP contribution in [0.15, 0.2) is 22.8 Å². The van der Waals surface area contributed by atoms with Crippen molar-refractivity contribution < 1.29 is 14.0 Å². The van der Waals surface area contributed by atoms with Crippen LogP contribution in [0.5, 0.6) is 0 Å². The molecular weight excluding hydrogens is 268 g/mol. The standard InChI is InChI=1S/C16H22N2O3/c1-12-5-2-8-17(11-12)15(19)13-6-3-9-18(13)16(20)14-7-4-10-21-14/h4,7,10,12-13H,2-3,5-6,8-9,11H2,1H3. The molecule has 114 valence electrons. The summed E-state index contributed by atoms with van der Waals surface area (Å²) in [5.74, 6) is 0.819. The molecule has 5 nitrogen and oxygen atoms in total. The van der Waals surface area contributed by atoms with Gasteiger partial charge in [0.2, 0.25) is 5.91 Å². The zero-order valence-electron chi connectivity index (χ0n) is 12.5. The van der Waals surface area contributed by atoms with Crippen molar-refractivity contribution in [2.24, 2.45) is 5.92 Å². The number of carbonyl (C=O) groups is 2. The fraction of sp³-hybridized carbons (Fsp3) is 0.625. The summed E-state index contributed by atoms with van der Waals surface area (Å²) in [5.41, 5.74) is 0. The van der Waals surface area contributed by atoms with Crippen molar-refractivity contribution in [3.05, 3.63) is 24.2 Å². The van der Waals surface area contributed by atoms with E-state index in [1.54, 1.807) is 17.0 Å². The lowest BCUT2D eigenvalue weighted by molar-refractivity contribution is -0.137. The Morgan fingerprint density at radius 3 is 2.76 bits per heavy atom. The Morgan fingerprint density at radius 1 is 1.24 bits per heavy atom. The van der Waals surface area contributed by atoms with Gasteiger partial charge in [-0.1, -0.05) is 6.92 Å². The number of amides is 2. The summed E-state index contributed by atoms with van der Waals surface area (Å²) in [6.07, 6.45) is 5.38. The molecule has 3 rings (SSSR count). The molecule has 0 aliphatic carbocycles. The molecule has 3 heterocycles. The first kappa shape index (κ1) is 14.2. The summed E-state index contributed by atoms with van der Waals surface area (Å²) in [5, 5.41) is 0. The van der Waals surface area contributed by atoms with E-state index in [4.69, 9.17) is 4.42 Å². The number of furan rings is 1. The summed E-state index contributed by atoms with van der Waals surface area (Å²) in [7, 11) is 0. The van der Waals surface area contributed by atoms with Gasteiger partial charge < -0.3 is 14.2 Å². The second-order valence-electron chi connectivity index (χ2n) is 6.17. The molecule has 2 unspecified atom stereocenters. The van der Waals surface area contributed by atoms with E-state index in [2.05, 4.69) is 6.92 Å². The Bertz CT molecular complexity index is 512. The van der Waals surface area contributed by atoms with E-state index >= 15 is 0 Å². The monoisotopic (exact) mass is 290 g/mol. The molecule has 21 heavy (non-hydrogen) atoms. The van der Waals surface area contributed by atoms with Crippen molar-refractivity contribution in [3.63, 3.8) is 0 Å². The van der Waals surface area contributed by atoms with E-state index in [1.807, 2.05) is 4.90 Å². The summed E-state index contributed by atoms with van der Waals surface area (Å²) in [6, 6.07) is 3.05. The third-order valence-electron chi connectivity index (χ3n) is 4.50. The highest BCUT2D eigenvalue weighted by atomic mass is 16.3. The molecule has 0 radical (unpaired) electrons. The van der Waals surface area contributed by atoms with Crippen LogP contribution < -0.4 is 0 Å². The van der Waals surface area contributed by atoms with Gasteiger partial charge in [-0.25, -0.2) is 0 Å². The van der Waals surface area contributed by atoms with Gasteiger partial charge in [0.25, 0.3) is 5.91 Å². The lowest BCUT2D eigenvalue weighted by Gasteiger charge is -2.34. The van der Waals surface area contributed by atoms with Gasteiger partial charge in [-0.15, -0.1) is 0 Å². The van der Waals surface area contributed by atoms with Gasteiger partial charge >= 0.3 is 0 Å². The van der Waals surface area contributed by atoms with Crippen molar-refractivity contribution in [2.45, 2.75) is 38.6 Å². The first-order valence-corrected chi connectivity index (χ1v) is 7.80. The second-order valence-corrected chi connectivity index (χ2v) is 6.17. The van der Waals surface area contributed by atoms with Crippen molar-refractivity contribution >= 4 is 11.8 Å². The summed E-state index contributed by atoms with van der Waals surface area (Å²) >= 11 is 0. The molecule has 5 heteroatoms. The quantitative estimate of drug-likeness (QED) is 0.838. The van der Waals surface area contributed by atoms with Crippen LogP contribution >= 0.6 is 0 Å². The van der Waals surface area contributed by atoms with Crippen molar-refractivity contribution in [2.75, 3.05) is 19.6 Å². The molecule has 2 fully saturated rings. The lowest BCUT2D eigenvalue weighted by Crippen LogP contribution is -2.50. The molecule has 2 atom stereocenters. The Morgan fingerprint density at radius 2 is 2.05 bits per heavy atom.